The third-order valence-corrected chi connectivity index (χ3v) is 8.43. The molecule has 38 heavy (non-hydrogen) atoms. The minimum atomic E-state index is -4.22. The van der Waals surface area contributed by atoms with Crippen LogP contribution in [0.2, 0.25) is 10.0 Å². The Morgan fingerprint density at radius 2 is 1.58 bits per heavy atom. The summed E-state index contributed by atoms with van der Waals surface area (Å²) in [5.41, 5.74) is 1.86. The molecular weight excluding hydrogens is 545 g/mol. The molecule has 1 atom stereocenters. The molecule has 1 N–H and O–H groups in total. The highest BCUT2D eigenvalue weighted by Crippen LogP contribution is 2.35. The maximum atomic E-state index is 13.9. The summed E-state index contributed by atoms with van der Waals surface area (Å²) in [6.45, 7) is 6.71. The first-order chi connectivity index (χ1) is 17.9. The Labute approximate surface area is 234 Å². The van der Waals surface area contributed by atoms with Gasteiger partial charge in [-0.3, -0.25) is 13.9 Å². The highest BCUT2D eigenvalue weighted by atomic mass is 35.5. The van der Waals surface area contributed by atoms with Crippen molar-refractivity contribution in [2.24, 2.45) is 0 Å². The lowest BCUT2D eigenvalue weighted by atomic mass is 10.1. The third-order valence-electron chi connectivity index (χ3n) is 5.84. The van der Waals surface area contributed by atoms with E-state index in [0.717, 1.165) is 15.4 Å². The lowest BCUT2D eigenvalue weighted by molar-refractivity contribution is -0.139. The minimum absolute atomic E-state index is 0.00249. The zero-order valence-corrected chi connectivity index (χ0v) is 24.0. The first-order valence-electron chi connectivity index (χ1n) is 12.1. The van der Waals surface area contributed by atoms with E-state index >= 15 is 0 Å². The summed E-state index contributed by atoms with van der Waals surface area (Å²) in [6.07, 6.45) is 0. The van der Waals surface area contributed by atoms with Gasteiger partial charge in [-0.15, -0.1) is 0 Å². The van der Waals surface area contributed by atoms with E-state index in [2.05, 4.69) is 5.32 Å². The molecule has 3 aromatic carbocycles. The van der Waals surface area contributed by atoms with Crippen LogP contribution in [0.1, 0.15) is 31.9 Å². The molecule has 0 radical (unpaired) electrons. The van der Waals surface area contributed by atoms with Crippen LogP contribution in [0.15, 0.2) is 77.7 Å². The molecule has 0 bridgehead atoms. The van der Waals surface area contributed by atoms with Crippen LogP contribution in [0.3, 0.4) is 0 Å². The van der Waals surface area contributed by atoms with Crippen molar-refractivity contribution in [1.82, 2.24) is 10.2 Å². The summed E-state index contributed by atoms with van der Waals surface area (Å²) in [7, 11) is -4.22. The lowest BCUT2D eigenvalue weighted by Gasteiger charge is -2.32. The monoisotopic (exact) mass is 575 g/mol. The zero-order chi connectivity index (χ0) is 28.0. The van der Waals surface area contributed by atoms with Crippen LogP contribution < -0.4 is 9.62 Å². The van der Waals surface area contributed by atoms with E-state index in [-0.39, 0.29) is 39.1 Å². The topological polar surface area (TPSA) is 86.8 Å². The van der Waals surface area contributed by atoms with Crippen LogP contribution in [0.4, 0.5) is 5.69 Å². The van der Waals surface area contributed by atoms with E-state index < -0.39 is 28.5 Å². The number of halogens is 2. The van der Waals surface area contributed by atoms with Crippen LogP contribution in [0.25, 0.3) is 0 Å². The molecule has 202 valence electrons. The number of hydrogen-bond acceptors (Lipinski definition) is 4. The molecule has 0 heterocycles. The fraction of sp³-hybridized carbons (Fsp3) is 0.286. The number of nitrogens with zero attached hydrogens (tertiary/aromatic N) is 2. The highest BCUT2D eigenvalue weighted by Gasteiger charge is 2.33. The molecule has 2 amide bonds. The summed E-state index contributed by atoms with van der Waals surface area (Å²) >= 11 is 12.6. The van der Waals surface area contributed by atoms with E-state index in [0.29, 0.717) is 0 Å². The standard InChI is InChI=1S/C28H31Cl2N3O4S/c1-19(2)31-28(35)21(4)32(17-22-11-8-10-20(3)16-22)26(34)18-33(25-15-9-14-24(29)27(25)30)38(36,37)23-12-6-5-7-13-23/h5-16,19,21H,17-18H2,1-4H3,(H,31,35)/t21-/m0/s1. The quantitative estimate of drug-likeness (QED) is 0.348. The van der Waals surface area contributed by atoms with Crippen LogP contribution >= 0.6 is 23.2 Å². The van der Waals surface area contributed by atoms with Crippen molar-refractivity contribution < 1.29 is 18.0 Å². The Morgan fingerprint density at radius 3 is 2.21 bits per heavy atom. The maximum Gasteiger partial charge on any atom is 0.264 e. The number of rotatable bonds is 10. The molecule has 0 aliphatic rings. The predicted molar refractivity (Wildman–Crippen MR) is 152 cm³/mol. The van der Waals surface area contributed by atoms with Crippen LogP contribution in [0.5, 0.6) is 0 Å². The van der Waals surface area contributed by atoms with Crippen molar-refractivity contribution in [2.75, 3.05) is 10.8 Å². The molecule has 7 nitrogen and oxygen atoms in total. The molecule has 0 unspecified atom stereocenters. The van der Waals surface area contributed by atoms with Crippen LogP contribution in [-0.2, 0) is 26.2 Å². The third kappa shape index (κ3) is 7.07. The number of amides is 2. The number of anilines is 1. The molecule has 0 saturated carbocycles. The molecular formula is C28H31Cl2N3O4S. The van der Waals surface area contributed by atoms with Gasteiger partial charge >= 0.3 is 0 Å². The highest BCUT2D eigenvalue weighted by molar-refractivity contribution is 7.92. The molecule has 3 aromatic rings. The van der Waals surface area contributed by atoms with Gasteiger partial charge in [0.15, 0.2) is 0 Å². The average Bonchev–Trinajstić information content (AvgIpc) is 2.87. The van der Waals surface area contributed by atoms with E-state index in [1.807, 2.05) is 45.0 Å². The van der Waals surface area contributed by atoms with Gasteiger partial charge in [0.1, 0.15) is 12.6 Å². The molecule has 0 fully saturated rings. The number of nitrogens with one attached hydrogen (secondary N) is 1. The fourth-order valence-corrected chi connectivity index (χ4v) is 5.81. The minimum Gasteiger partial charge on any atom is -0.352 e. The fourth-order valence-electron chi connectivity index (χ4n) is 3.91. The van der Waals surface area contributed by atoms with E-state index in [4.69, 9.17) is 23.2 Å². The normalized spacial score (nSPS) is 12.2. The van der Waals surface area contributed by atoms with Crippen molar-refractivity contribution in [3.05, 3.63) is 94.0 Å². The summed E-state index contributed by atoms with van der Waals surface area (Å²) in [5, 5.41) is 2.97. The average molecular weight is 577 g/mol. The van der Waals surface area contributed by atoms with Crippen molar-refractivity contribution in [1.29, 1.82) is 0 Å². The largest absolute Gasteiger partial charge is 0.352 e. The Bertz CT molecular complexity index is 1400. The second-order valence-corrected chi connectivity index (χ2v) is 11.9. The van der Waals surface area contributed by atoms with Gasteiger partial charge in [-0.1, -0.05) is 77.3 Å². The van der Waals surface area contributed by atoms with Crippen molar-refractivity contribution in [2.45, 2.75) is 51.2 Å². The number of benzene rings is 3. The summed E-state index contributed by atoms with van der Waals surface area (Å²) in [6, 6.07) is 18.9. The lowest BCUT2D eigenvalue weighted by Crippen LogP contribution is -2.52. The van der Waals surface area contributed by atoms with Crippen molar-refractivity contribution >= 4 is 50.7 Å². The van der Waals surface area contributed by atoms with Crippen molar-refractivity contribution in [3.8, 4) is 0 Å². The van der Waals surface area contributed by atoms with Gasteiger partial charge < -0.3 is 10.2 Å². The molecule has 0 saturated heterocycles. The molecule has 0 spiro atoms. The number of carbonyl (C=O) groups is 2. The predicted octanol–water partition coefficient (Wildman–Crippen LogP) is 5.44. The second kappa shape index (κ2) is 12.7. The summed E-state index contributed by atoms with van der Waals surface area (Å²) in [4.78, 5) is 28.2. The summed E-state index contributed by atoms with van der Waals surface area (Å²) in [5.74, 6) is -0.923. The summed E-state index contributed by atoms with van der Waals surface area (Å²) < 4.78 is 28.5. The number of aryl methyl sites for hydroxylation is 1. The smallest absolute Gasteiger partial charge is 0.264 e. The van der Waals surface area contributed by atoms with E-state index in [1.165, 1.54) is 29.2 Å². The van der Waals surface area contributed by atoms with E-state index in [1.54, 1.807) is 31.2 Å². The van der Waals surface area contributed by atoms with Crippen LogP contribution in [-0.4, -0.2) is 43.8 Å². The van der Waals surface area contributed by atoms with Crippen molar-refractivity contribution in [3.63, 3.8) is 0 Å². The van der Waals surface area contributed by atoms with Gasteiger partial charge in [0.25, 0.3) is 10.0 Å². The molecule has 10 heteroatoms. The molecule has 3 rings (SSSR count). The zero-order valence-electron chi connectivity index (χ0n) is 21.7. The Morgan fingerprint density at radius 1 is 0.921 bits per heavy atom. The number of carbonyl (C=O) groups excluding carboxylic acids is 2. The molecule has 0 aliphatic heterocycles. The van der Waals surface area contributed by atoms with Crippen LogP contribution in [0, 0.1) is 6.92 Å². The van der Waals surface area contributed by atoms with Gasteiger partial charge in [0.05, 0.1) is 20.6 Å². The molecule has 0 aromatic heterocycles. The van der Waals surface area contributed by atoms with Gasteiger partial charge in [-0.2, -0.15) is 0 Å². The number of hydrogen-bond donors (Lipinski definition) is 1. The molecule has 0 aliphatic carbocycles. The van der Waals surface area contributed by atoms with Gasteiger partial charge in [-0.25, -0.2) is 8.42 Å². The Kier molecular flexibility index (Phi) is 9.82. The van der Waals surface area contributed by atoms with Gasteiger partial charge in [0.2, 0.25) is 11.8 Å². The Balaban J connectivity index is 2.07. The number of sulfonamides is 1. The first kappa shape index (κ1) is 29.5. The van der Waals surface area contributed by atoms with E-state index in [9.17, 15) is 18.0 Å². The van der Waals surface area contributed by atoms with Gasteiger partial charge in [-0.05, 0) is 57.5 Å². The SMILES string of the molecule is Cc1cccc(CN(C(=O)CN(c2cccc(Cl)c2Cl)S(=O)(=O)c2ccccc2)[C@@H](C)C(=O)NC(C)C)c1. The van der Waals surface area contributed by atoms with Gasteiger partial charge in [0, 0.05) is 12.6 Å². The first-order valence-corrected chi connectivity index (χ1v) is 14.3. The second-order valence-electron chi connectivity index (χ2n) is 9.25. The maximum absolute atomic E-state index is 13.9. The Hall–Kier alpha value is -3.07.